The largest absolute Gasteiger partial charge is 0.497 e. The molecule has 0 saturated carbocycles. The Morgan fingerprint density at radius 3 is 2.55 bits per heavy atom. The molecule has 0 aromatic heterocycles. The first-order chi connectivity index (χ1) is 10.6. The number of allylic oxidation sites excluding steroid dienone is 1. The zero-order valence-corrected chi connectivity index (χ0v) is 12.6. The lowest BCUT2D eigenvalue weighted by Gasteiger charge is -2.09. The van der Waals surface area contributed by atoms with Gasteiger partial charge >= 0.3 is 0 Å². The molecule has 0 spiro atoms. The fraction of sp³-hybridized carbons (Fsp3) is 0.167. The minimum atomic E-state index is -0.324. The Morgan fingerprint density at radius 2 is 1.95 bits per heavy atom. The standard InChI is InChI=1S/C18H18FNO2/c1-20-18(21)12-15(14-4-3-5-16(19)11-14)10-13-6-8-17(22-2)9-7-13/h3-9,11-12H,10H2,1-2H3,(H,20,21)/b15-12-. The molecule has 3 nitrogen and oxygen atoms in total. The number of amides is 1. The second kappa shape index (κ2) is 7.41. The summed E-state index contributed by atoms with van der Waals surface area (Å²) < 4.78 is 18.6. The topological polar surface area (TPSA) is 38.3 Å². The first kappa shape index (κ1) is 15.8. The average Bonchev–Trinajstić information content (AvgIpc) is 2.54. The van der Waals surface area contributed by atoms with Gasteiger partial charge in [-0.25, -0.2) is 4.39 Å². The van der Waals surface area contributed by atoms with Crippen molar-refractivity contribution >= 4 is 11.5 Å². The Bertz CT molecular complexity index is 678. The molecule has 1 amide bonds. The zero-order valence-electron chi connectivity index (χ0n) is 12.6. The van der Waals surface area contributed by atoms with Gasteiger partial charge in [0.25, 0.3) is 0 Å². The van der Waals surface area contributed by atoms with E-state index in [9.17, 15) is 9.18 Å². The Morgan fingerprint density at radius 1 is 1.23 bits per heavy atom. The van der Waals surface area contributed by atoms with Crippen molar-refractivity contribution in [2.45, 2.75) is 6.42 Å². The van der Waals surface area contributed by atoms with E-state index in [-0.39, 0.29) is 11.7 Å². The van der Waals surface area contributed by atoms with Gasteiger partial charge in [-0.15, -0.1) is 0 Å². The number of likely N-dealkylation sites (N-methyl/N-ethyl adjacent to an activating group) is 1. The van der Waals surface area contributed by atoms with Crippen molar-refractivity contribution in [1.29, 1.82) is 0 Å². The fourth-order valence-corrected chi connectivity index (χ4v) is 2.12. The highest BCUT2D eigenvalue weighted by atomic mass is 19.1. The van der Waals surface area contributed by atoms with Gasteiger partial charge in [-0.2, -0.15) is 0 Å². The molecular formula is C18H18FNO2. The average molecular weight is 299 g/mol. The van der Waals surface area contributed by atoms with Crippen LogP contribution < -0.4 is 10.1 Å². The van der Waals surface area contributed by atoms with Crippen molar-refractivity contribution in [2.75, 3.05) is 14.2 Å². The van der Waals surface area contributed by atoms with Crippen molar-refractivity contribution in [3.8, 4) is 5.75 Å². The summed E-state index contributed by atoms with van der Waals surface area (Å²) in [4.78, 5) is 11.7. The molecule has 0 saturated heterocycles. The first-order valence-electron chi connectivity index (χ1n) is 6.93. The third-order valence-electron chi connectivity index (χ3n) is 3.30. The molecule has 2 aromatic carbocycles. The summed E-state index contributed by atoms with van der Waals surface area (Å²) >= 11 is 0. The van der Waals surface area contributed by atoms with Crippen LogP contribution in [0.15, 0.2) is 54.6 Å². The summed E-state index contributed by atoms with van der Waals surface area (Å²) in [6.07, 6.45) is 2.03. The lowest BCUT2D eigenvalue weighted by Crippen LogP contribution is -2.15. The number of methoxy groups -OCH3 is 1. The maximum absolute atomic E-state index is 13.4. The molecule has 4 heteroatoms. The summed E-state index contributed by atoms with van der Waals surface area (Å²) in [6.45, 7) is 0. The molecule has 0 atom stereocenters. The van der Waals surface area contributed by atoms with Crippen molar-refractivity contribution in [3.05, 3.63) is 71.6 Å². The third kappa shape index (κ3) is 4.19. The molecule has 1 N–H and O–H groups in total. The van der Waals surface area contributed by atoms with Crippen molar-refractivity contribution in [1.82, 2.24) is 5.32 Å². The Labute approximate surface area is 129 Å². The number of hydrogen-bond acceptors (Lipinski definition) is 2. The molecule has 0 unspecified atom stereocenters. The highest BCUT2D eigenvalue weighted by molar-refractivity contribution is 5.95. The Balaban J connectivity index is 2.32. The van der Waals surface area contributed by atoms with Crippen LogP contribution in [0, 0.1) is 5.82 Å². The van der Waals surface area contributed by atoms with Gasteiger partial charge in [-0.1, -0.05) is 24.3 Å². The summed E-state index contributed by atoms with van der Waals surface area (Å²) in [5.74, 6) is 0.231. The maximum atomic E-state index is 13.4. The molecule has 0 bridgehead atoms. The number of nitrogens with one attached hydrogen (secondary N) is 1. The molecule has 0 heterocycles. The normalized spacial score (nSPS) is 11.1. The van der Waals surface area contributed by atoms with E-state index in [1.54, 1.807) is 26.3 Å². The second-order valence-electron chi connectivity index (χ2n) is 4.82. The van der Waals surface area contributed by atoms with E-state index in [1.807, 2.05) is 24.3 Å². The van der Waals surface area contributed by atoms with E-state index in [1.165, 1.54) is 18.2 Å². The quantitative estimate of drug-likeness (QED) is 0.861. The van der Waals surface area contributed by atoms with Gasteiger partial charge in [0.05, 0.1) is 7.11 Å². The maximum Gasteiger partial charge on any atom is 0.244 e. The molecule has 22 heavy (non-hydrogen) atoms. The number of halogens is 1. The minimum Gasteiger partial charge on any atom is -0.497 e. The van der Waals surface area contributed by atoms with Gasteiger partial charge in [0.1, 0.15) is 11.6 Å². The third-order valence-corrected chi connectivity index (χ3v) is 3.30. The summed E-state index contributed by atoms with van der Waals surface area (Å²) in [7, 11) is 3.17. The summed E-state index contributed by atoms with van der Waals surface area (Å²) in [5, 5.41) is 2.55. The highest BCUT2D eigenvalue weighted by Crippen LogP contribution is 2.22. The van der Waals surface area contributed by atoms with Crippen LogP contribution in [0.4, 0.5) is 4.39 Å². The van der Waals surface area contributed by atoms with E-state index in [0.29, 0.717) is 12.0 Å². The van der Waals surface area contributed by atoms with E-state index >= 15 is 0 Å². The fourth-order valence-electron chi connectivity index (χ4n) is 2.12. The van der Waals surface area contributed by atoms with E-state index in [2.05, 4.69) is 5.32 Å². The highest BCUT2D eigenvalue weighted by Gasteiger charge is 2.07. The van der Waals surface area contributed by atoms with E-state index < -0.39 is 0 Å². The molecule has 0 aliphatic rings. The molecular weight excluding hydrogens is 281 g/mol. The van der Waals surface area contributed by atoms with Gasteiger partial charge in [-0.3, -0.25) is 4.79 Å². The van der Waals surface area contributed by atoms with Crippen molar-refractivity contribution < 1.29 is 13.9 Å². The number of rotatable bonds is 5. The van der Waals surface area contributed by atoms with E-state index in [0.717, 1.165) is 16.9 Å². The molecule has 0 radical (unpaired) electrons. The number of ether oxygens (including phenoxy) is 1. The lowest BCUT2D eigenvalue weighted by molar-refractivity contribution is -0.116. The van der Waals surface area contributed by atoms with Gasteiger partial charge in [0.2, 0.25) is 5.91 Å². The summed E-state index contributed by atoms with van der Waals surface area (Å²) in [6, 6.07) is 13.8. The second-order valence-corrected chi connectivity index (χ2v) is 4.82. The van der Waals surface area contributed by atoms with Crippen LogP contribution in [-0.2, 0) is 11.2 Å². The number of carbonyl (C=O) groups is 1. The Kier molecular flexibility index (Phi) is 5.31. The lowest BCUT2D eigenvalue weighted by atomic mass is 9.97. The van der Waals surface area contributed by atoms with Crippen LogP contribution >= 0.6 is 0 Å². The molecule has 0 fully saturated rings. The van der Waals surface area contributed by atoms with Crippen LogP contribution in [0.5, 0.6) is 5.75 Å². The van der Waals surface area contributed by atoms with Crippen molar-refractivity contribution in [3.63, 3.8) is 0 Å². The number of benzene rings is 2. The van der Waals surface area contributed by atoms with Crippen LogP contribution in [0.1, 0.15) is 11.1 Å². The van der Waals surface area contributed by atoms with Crippen molar-refractivity contribution in [2.24, 2.45) is 0 Å². The molecule has 114 valence electrons. The monoisotopic (exact) mass is 299 g/mol. The predicted molar refractivity (Wildman–Crippen MR) is 85.1 cm³/mol. The van der Waals surface area contributed by atoms with Crippen LogP contribution in [0.2, 0.25) is 0 Å². The predicted octanol–water partition coefficient (Wildman–Crippen LogP) is 3.21. The summed E-state index contributed by atoms with van der Waals surface area (Å²) in [5.41, 5.74) is 2.46. The van der Waals surface area contributed by atoms with Crippen LogP contribution in [0.25, 0.3) is 5.57 Å². The van der Waals surface area contributed by atoms with Crippen LogP contribution in [0.3, 0.4) is 0 Å². The Hall–Kier alpha value is -2.62. The van der Waals surface area contributed by atoms with Gasteiger partial charge in [0.15, 0.2) is 0 Å². The van der Waals surface area contributed by atoms with Gasteiger partial charge in [0, 0.05) is 13.1 Å². The SMILES string of the molecule is CNC(=O)/C=C(/Cc1ccc(OC)cc1)c1cccc(F)c1. The van der Waals surface area contributed by atoms with Gasteiger partial charge in [-0.05, 0) is 47.4 Å². The molecule has 2 aromatic rings. The zero-order chi connectivity index (χ0) is 15.9. The number of carbonyl (C=O) groups excluding carboxylic acids is 1. The van der Waals surface area contributed by atoms with Crippen LogP contribution in [-0.4, -0.2) is 20.1 Å². The molecule has 0 aliphatic carbocycles. The molecule has 0 aliphatic heterocycles. The van der Waals surface area contributed by atoms with E-state index in [4.69, 9.17) is 4.74 Å². The number of hydrogen-bond donors (Lipinski definition) is 1. The smallest absolute Gasteiger partial charge is 0.244 e. The minimum absolute atomic E-state index is 0.215. The first-order valence-corrected chi connectivity index (χ1v) is 6.93. The molecule has 2 rings (SSSR count). The van der Waals surface area contributed by atoms with Gasteiger partial charge < -0.3 is 10.1 Å².